The van der Waals surface area contributed by atoms with E-state index in [0.717, 1.165) is 0 Å². The average molecular weight is 175 g/mol. The minimum absolute atomic E-state index is 0.106. The van der Waals surface area contributed by atoms with Crippen LogP contribution in [0.15, 0.2) is 0 Å². The normalized spacial score (nSPS) is 32.2. The first kappa shape index (κ1) is 9.28. The number of carbonyl (C=O) groups is 1. The van der Waals surface area contributed by atoms with E-state index in [4.69, 9.17) is 15.5 Å². The highest BCUT2D eigenvalue weighted by Crippen LogP contribution is 2.39. The van der Waals surface area contributed by atoms with E-state index < -0.39 is 17.3 Å². The Hall–Kier alpha value is -0.810. The van der Waals surface area contributed by atoms with Crippen LogP contribution in [0.25, 0.3) is 0 Å². The highest BCUT2D eigenvalue weighted by Gasteiger charge is 2.55. The molecule has 0 aromatic carbocycles. The maximum Gasteiger partial charge on any atom is 0.404 e. The lowest BCUT2D eigenvalue weighted by Gasteiger charge is -2.49. The molecular formula is C7H13NO4. The van der Waals surface area contributed by atoms with Crippen molar-refractivity contribution >= 4 is 6.09 Å². The molecule has 0 aromatic heterocycles. The largest absolute Gasteiger partial charge is 0.446 e. The van der Waals surface area contributed by atoms with E-state index in [2.05, 4.69) is 4.74 Å². The Kier molecular flexibility index (Phi) is 2.01. The van der Waals surface area contributed by atoms with Crippen molar-refractivity contribution < 1.29 is 19.3 Å². The number of hydrogen-bond acceptors (Lipinski definition) is 4. The van der Waals surface area contributed by atoms with Gasteiger partial charge in [-0.2, -0.15) is 0 Å². The number of amides is 1. The molecule has 1 rings (SSSR count). The van der Waals surface area contributed by atoms with Gasteiger partial charge in [0.15, 0.2) is 5.60 Å². The number of nitrogens with two attached hydrogens (primary N) is 1. The molecule has 5 heteroatoms. The van der Waals surface area contributed by atoms with Gasteiger partial charge >= 0.3 is 6.09 Å². The predicted octanol–water partition coefficient (Wildman–Crippen LogP) is 0.581. The Labute approximate surface area is 70.7 Å². The first-order valence-electron chi connectivity index (χ1n) is 3.66. The lowest BCUT2D eigenvalue weighted by atomic mass is 9.86. The molecule has 1 saturated heterocycles. The molecule has 0 saturated carbocycles. The van der Waals surface area contributed by atoms with Gasteiger partial charge in [-0.25, -0.2) is 14.6 Å². The average Bonchev–Trinajstić information content (AvgIpc) is 1.98. The topological polar surface area (TPSA) is 70.8 Å². The Morgan fingerprint density at radius 1 is 1.42 bits per heavy atom. The second-order valence-electron chi connectivity index (χ2n) is 3.52. The summed E-state index contributed by atoms with van der Waals surface area (Å²) in [5.41, 5.74) is 3.77. The molecule has 0 aromatic rings. The summed E-state index contributed by atoms with van der Waals surface area (Å²) in [5, 5.41) is 0. The fourth-order valence-electron chi connectivity index (χ4n) is 0.757. The Bertz CT molecular complexity index is 204. The summed E-state index contributed by atoms with van der Waals surface area (Å²) in [6.07, 6.45) is -0.803. The molecule has 2 N–H and O–H groups in total. The van der Waals surface area contributed by atoms with E-state index in [-0.39, 0.29) is 6.61 Å². The van der Waals surface area contributed by atoms with Crippen molar-refractivity contribution in [2.75, 3.05) is 6.61 Å². The van der Waals surface area contributed by atoms with Crippen LogP contribution in [0.5, 0.6) is 0 Å². The van der Waals surface area contributed by atoms with Gasteiger partial charge in [-0.15, -0.1) is 0 Å². The van der Waals surface area contributed by atoms with E-state index in [9.17, 15) is 4.79 Å². The SMILES string of the molecule is CC1(C)OOC1(C)COC(N)=O. The van der Waals surface area contributed by atoms with E-state index in [1.54, 1.807) is 6.92 Å². The van der Waals surface area contributed by atoms with Crippen molar-refractivity contribution in [3.05, 3.63) is 0 Å². The summed E-state index contributed by atoms with van der Waals surface area (Å²) in [6, 6.07) is 0. The lowest BCUT2D eigenvalue weighted by Crippen LogP contribution is -2.64. The number of hydrogen-bond donors (Lipinski definition) is 1. The zero-order chi connectivity index (χ0) is 9.41. The zero-order valence-electron chi connectivity index (χ0n) is 7.42. The second kappa shape index (κ2) is 2.60. The molecule has 1 aliphatic rings. The van der Waals surface area contributed by atoms with Crippen molar-refractivity contribution in [2.45, 2.75) is 32.0 Å². The molecule has 70 valence electrons. The Morgan fingerprint density at radius 3 is 2.25 bits per heavy atom. The summed E-state index contributed by atoms with van der Waals surface area (Å²) >= 11 is 0. The van der Waals surface area contributed by atoms with Crippen molar-refractivity contribution in [3.8, 4) is 0 Å². The van der Waals surface area contributed by atoms with Gasteiger partial charge in [0, 0.05) is 0 Å². The molecule has 1 amide bonds. The van der Waals surface area contributed by atoms with Crippen LogP contribution in [0.3, 0.4) is 0 Å². The number of primary amides is 1. The molecule has 0 spiro atoms. The molecule has 1 atom stereocenters. The standard InChI is InChI=1S/C7H13NO4/c1-6(2)7(3,12-11-6)4-10-5(8)9/h4H2,1-3H3,(H2,8,9). The molecule has 1 aliphatic heterocycles. The number of carbonyl (C=O) groups excluding carboxylic acids is 1. The lowest BCUT2D eigenvalue weighted by molar-refractivity contribution is -0.543. The minimum atomic E-state index is -0.803. The summed E-state index contributed by atoms with van der Waals surface area (Å²) in [7, 11) is 0. The van der Waals surface area contributed by atoms with Crippen LogP contribution in [0.4, 0.5) is 4.79 Å². The van der Waals surface area contributed by atoms with E-state index in [1.807, 2.05) is 13.8 Å². The Balaban J connectivity index is 2.46. The quantitative estimate of drug-likeness (QED) is 0.623. The molecule has 5 nitrogen and oxygen atoms in total. The smallest absolute Gasteiger partial charge is 0.404 e. The maximum atomic E-state index is 10.3. The van der Waals surface area contributed by atoms with Crippen molar-refractivity contribution in [1.82, 2.24) is 0 Å². The second-order valence-corrected chi connectivity index (χ2v) is 3.52. The van der Waals surface area contributed by atoms with E-state index in [0.29, 0.717) is 0 Å². The van der Waals surface area contributed by atoms with Crippen LogP contribution in [-0.4, -0.2) is 23.9 Å². The molecule has 1 heterocycles. The van der Waals surface area contributed by atoms with Crippen LogP contribution >= 0.6 is 0 Å². The third-order valence-electron chi connectivity index (χ3n) is 2.20. The van der Waals surface area contributed by atoms with Gasteiger partial charge in [0.2, 0.25) is 0 Å². The van der Waals surface area contributed by atoms with Crippen molar-refractivity contribution in [1.29, 1.82) is 0 Å². The summed E-state index contributed by atoms with van der Waals surface area (Å²) < 4.78 is 4.62. The summed E-state index contributed by atoms with van der Waals surface area (Å²) in [6.45, 7) is 5.59. The number of rotatable bonds is 2. The first-order valence-corrected chi connectivity index (χ1v) is 3.66. The number of ether oxygens (including phenoxy) is 1. The zero-order valence-corrected chi connectivity index (χ0v) is 7.42. The maximum absolute atomic E-state index is 10.3. The molecule has 0 aliphatic carbocycles. The molecule has 12 heavy (non-hydrogen) atoms. The molecular weight excluding hydrogens is 162 g/mol. The van der Waals surface area contributed by atoms with E-state index in [1.165, 1.54) is 0 Å². The third-order valence-corrected chi connectivity index (χ3v) is 2.20. The van der Waals surface area contributed by atoms with Gasteiger partial charge in [-0.05, 0) is 20.8 Å². The van der Waals surface area contributed by atoms with Gasteiger partial charge in [0.05, 0.1) is 0 Å². The van der Waals surface area contributed by atoms with E-state index >= 15 is 0 Å². The molecule has 1 fully saturated rings. The van der Waals surface area contributed by atoms with Crippen LogP contribution < -0.4 is 5.73 Å². The summed E-state index contributed by atoms with van der Waals surface area (Å²) in [4.78, 5) is 20.0. The monoisotopic (exact) mass is 175 g/mol. The summed E-state index contributed by atoms with van der Waals surface area (Å²) in [5.74, 6) is 0. The van der Waals surface area contributed by atoms with Crippen molar-refractivity contribution in [2.24, 2.45) is 5.73 Å². The van der Waals surface area contributed by atoms with Crippen LogP contribution in [-0.2, 0) is 14.5 Å². The van der Waals surface area contributed by atoms with Crippen molar-refractivity contribution in [3.63, 3.8) is 0 Å². The molecule has 0 radical (unpaired) electrons. The van der Waals surface area contributed by atoms with Gasteiger partial charge < -0.3 is 10.5 Å². The molecule has 1 unspecified atom stereocenters. The van der Waals surface area contributed by atoms with Crippen LogP contribution in [0.2, 0.25) is 0 Å². The predicted molar refractivity (Wildman–Crippen MR) is 40.2 cm³/mol. The van der Waals surface area contributed by atoms with Gasteiger partial charge in [0.1, 0.15) is 12.2 Å². The fraction of sp³-hybridized carbons (Fsp3) is 0.857. The fourth-order valence-corrected chi connectivity index (χ4v) is 0.757. The van der Waals surface area contributed by atoms with Gasteiger partial charge in [-0.3, -0.25) is 0 Å². The molecule has 0 bridgehead atoms. The highest BCUT2D eigenvalue weighted by molar-refractivity contribution is 5.64. The van der Waals surface area contributed by atoms with Crippen LogP contribution in [0.1, 0.15) is 20.8 Å². The minimum Gasteiger partial charge on any atom is -0.446 e. The van der Waals surface area contributed by atoms with Crippen LogP contribution in [0, 0.1) is 0 Å². The highest BCUT2D eigenvalue weighted by atomic mass is 17.3. The Morgan fingerprint density at radius 2 is 2.00 bits per heavy atom. The first-order chi connectivity index (χ1) is 5.37. The van der Waals surface area contributed by atoms with Gasteiger partial charge in [-0.1, -0.05) is 0 Å². The van der Waals surface area contributed by atoms with Gasteiger partial charge in [0.25, 0.3) is 0 Å². The third kappa shape index (κ3) is 1.37.